The van der Waals surface area contributed by atoms with Gasteiger partial charge in [0.05, 0.1) is 0 Å². The van der Waals surface area contributed by atoms with E-state index >= 15 is 0 Å². The van der Waals surface area contributed by atoms with Crippen LogP contribution in [0.4, 0.5) is 0 Å². The Hall–Kier alpha value is -2.16. The van der Waals surface area contributed by atoms with Crippen LogP contribution in [0.5, 0.6) is 0 Å². The smallest absolute Gasteiger partial charge is 0.00719 e. The molecule has 156 valence electrons. The molecule has 0 spiro atoms. The molecule has 5 rings (SSSR count). The number of fused-ring (bicyclic) bond motifs is 3. The van der Waals surface area contributed by atoms with Gasteiger partial charge >= 0.3 is 0 Å². The fourth-order valence-electron chi connectivity index (χ4n) is 4.21. The highest BCUT2D eigenvalue weighted by Gasteiger charge is 2.19. The molecular weight excluding hydrogens is 508 g/mol. The van der Waals surface area contributed by atoms with Crippen molar-refractivity contribution in [1.82, 2.24) is 0 Å². The van der Waals surface area contributed by atoms with Crippen LogP contribution in [0.2, 0.25) is 0 Å². The van der Waals surface area contributed by atoms with Gasteiger partial charge in [0, 0.05) is 10.7 Å². The van der Waals surface area contributed by atoms with Crippen LogP contribution < -0.4 is 0 Å². The lowest BCUT2D eigenvalue weighted by molar-refractivity contribution is 1.05. The third kappa shape index (κ3) is 5.37. The second-order valence-electron chi connectivity index (χ2n) is 7.72. The predicted octanol–water partition coefficient (Wildman–Crippen LogP) is 8.49. The molecule has 0 bridgehead atoms. The van der Waals surface area contributed by atoms with Gasteiger partial charge in [-0.25, -0.2) is 0 Å². The van der Waals surface area contributed by atoms with Crippen molar-refractivity contribution in [1.29, 1.82) is 0 Å². The maximum Gasteiger partial charge on any atom is 0.00719 e. The van der Waals surface area contributed by atoms with Crippen molar-refractivity contribution in [2.24, 2.45) is 0 Å². The Kier molecular flexibility index (Phi) is 7.77. The molecule has 2 heteroatoms. The molecule has 0 atom stereocenters. The highest BCUT2D eigenvalue weighted by atomic mass is 79.9. The summed E-state index contributed by atoms with van der Waals surface area (Å²) >= 11 is 7.14. The quantitative estimate of drug-likeness (QED) is 0.199. The first kappa shape index (κ1) is 22.0. The van der Waals surface area contributed by atoms with Gasteiger partial charge in [-0.3, -0.25) is 0 Å². The van der Waals surface area contributed by atoms with Crippen molar-refractivity contribution >= 4 is 31.9 Å². The van der Waals surface area contributed by atoms with Crippen LogP contribution in [-0.4, -0.2) is 10.7 Å². The molecule has 1 aliphatic carbocycles. The molecule has 0 heterocycles. The van der Waals surface area contributed by atoms with E-state index in [1.807, 2.05) is 12.1 Å². The molecule has 0 nitrogen and oxygen atoms in total. The molecule has 1 aliphatic rings. The van der Waals surface area contributed by atoms with Gasteiger partial charge in [-0.2, -0.15) is 0 Å². The van der Waals surface area contributed by atoms with Crippen LogP contribution in [0.3, 0.4) is 0 Å². The number of hydrogen-bond donors (Lipinski definition) is 0. The normalized spacial score (nSPS) is 11.3. The monoisotopic (exact) mass is 532 g/mol. The zero-order chi connectivity index (χ0) is 21.5. The maximum atomic E-state index is 3.57. The molecular formula is C29H26Br2. The van der Waals surface area contributed by atoms with E-state index in [0.717, 1.165) is 29.9 Å². The standard InChI is InChI=1S/C17H16Br2.C12H10/c18-7-5-12-9-15-10-14-3-1-2-4-16(14)17(15)11-13(12)6-8-19;1-3-7-11(8-4-1)12-9-5-2-6-10-12/h1-4,9,11H,5-8,10H2;1-10H. The first-order valence-electron chi connectivity index (χ1n) is 10.8. The molecule has 4 aromatic rings. The summed E-state index contributed by atoms with van der Waals surface area (Å²) in [5.41, 5.74) is 11.4. The largest absolute Gasteiger partial charge is 0.0924 e. The van der Waals surface area contributed by atoms with Gasteiger partial charge in [0.1, 0.15) is 0 Å². The third-order valence-corrected chi connectivity index (χ3v) is 6.52. The number of alkyl halides is 2. The van der Waals surface area contributed by atoms with Crippen LogP contribution in [0, 0.1) is 0 Å². The summed E-state index contributed by atoms with van der Waals surface area (Å²) in [5, 5.41) is 2.07. The Morgan fingerprint density at radius 2 is 1.03 bits per heavy atom. The van der Waals surface area contributed by atoms with E-state index in [-0.39, 0.29) is 0 Å². The molecule has 0 unspecified atom stereocenters. The zero-order valence-electron chi connectivity index (χ0n) is 17.5. The van der Waals surface area contributed by atoms with Gasteiger partial charge in [0.25, 0.3) is 0 Å². The lowest BCUT2D eigenvalue weighted by Crippen LogP contribution is -1.98. The zero-order valence-corrected chi connectivity index (χ0v) is 20.7. The number of halogens is 2. The topological polar surface area (TPSA) is 0 Å². The van der Waals surface area contributed by atoms with Crippen molar-refractivity contribution in [3.8, 4) is 22.3 Å². The fourth-order valence-corrected chi connectivity index (χ4v) is 5.06. The van der Waals surface area contributed by atoms with Crippen molar-refractivity contribution in [2.75, 3.05) is 10.7 Å². The summed E-state index contributed by atoms with van der Waals surface area (Å²) in [4.78, 5) is 0. The van der Waals surface area contributed by atoms with Crippen LogP contribution >= 0.6 is 31.9 Å². The summed E-state index contributed by atoms with van der Waals surface area (Å²) in [5.74, 6) is 0. The van der Waals surface area contributed by atoms with E-state index in [9.17, 15) is 0 Å². The van der Waals surface area contributed by atoms with Gasteiger partial charge in [-0.15, -0.1) is 0 Å². The van der Waals surface area contributed by atoms with Crippen LogP contribution in [0.25, 0.3) is 22.3 Å². The van der Waals surface area contributed by atoms with Crippen LogP contribution in [0.1, 0.15) is 22.3 Å². The average molecular weight is 534 g/mol. The van der Waals surface area contributed by atoms with E-state index in [0.29, 0.717) is 0 Å². The van der Waals surface area contributed by atoms with Gasteiger partial charge in [-0.05, 0) is 63.8 Å². The molecule has 0 radical (unpaired) electrons. The van der Waals surface area contributed by atoms with E-state index in [1.165, 1.54) is 44.5 Å². The first-order chi connectivity index (χ1) is 15.3. The molecule has 0 aliphatic heterocycles. The average Bonchev–Trinajstić information content (AvgIpc) is 3.19. The summed E-state index contributed by atoms with van der Waals surface area (Å²) in [6.07, 6.45) is 3.32. The highest BCUT2D eigenvalue weighted by Crippen LogP contribution is 2.38. The Morgan fingerprint density at radius 1 is 0.516 bits per heavy atom. The van der Waals surface area contributed by atoms with E-state index in [2.05, 4.69) is 117 Å². The summed E-state index contributed by atoms with van der Waals surface area (Å²) in [7, 11) is 0. The number of benzene rings is 4. The molecule has 0 fully saturated rings. The Bertz CT molecular complexity index is 1080. The molecule has 0 N–H and O–H groups in total. The van der Waals surface area contributed by atoms with E-state index in [4.69, 9.17) is 0 Å². The highest BCUT2D eigenvalue weighted by molar-refractivity contribution is 9.09. The minimum Gasteiger partial charge on any atom is -0.0924 e. The molecule has 4 aromatic carbocycles. The minimum atomic E-state index is 1.03. The maximum absolute atomic E-state index is 3.57. The van der Waals surface area contributed by atoms with Gasteiger partial charge in [-0.1, -0.05) is 129 Å². The SMILES string of the molecule is BrCCc1cc2c(cc1CCBr)-c1ccccc1C2.c1ccc(-c2ccccc2)cc1. The Balaban J connectivity index is 0.000000166. The number of rotatable bonds is 5. The molecule has 0 saturated carbocycles. The second-order valence-corrected chi connectivity index (χ2v) is 9.31. The lowest BCUT2D eigenvalue weighted by atomic mass is 9.95. The fraction of sp³-hybridized carbons (Fsp3) is 0.172. The summed E-state index contributed by atoms with van der Waals surface area (Å²) in [6.45, 7) is 0. The molecule has 31 heavy (non-hydrogen) atoms. The third-order valence-electron chi connectivity index (χ3n) is 5.72. The first-order valence-corrected chi connectivity index (χ1v) is 13.0. The van der Waals surface area contributed by atoms with Crippen LogP contribution in [0.15, 0.2) is 97.1 Å². The van der Waals surface area contributed by atoms with Crippen molar-refractivity contribution in [2.45, 2.75) is 19.3 Å². The summed E-state index contributed by atoms with van der Waals surface area (Å²) in [6, 6.07) is 34.4. The molecule has 0 saturated heterocycles. The minimum absolute atomic E-state index is 1.03. The summed E-state index contributed by atoms with van der Waals surface area (Å²) < 4.78 is 0. The van der Waals surface area contributed by atoms with Crippen molar-refractivity contribution in [3.05, 3.63) is 119 Å². The van der Waals surface area contributed by atoms with Crippen LogP contribution in [-0.2, 0) is 19.3 Å². The molecule has 0 amide bonds. The lowest BCUT2D eigenvalue weighted by Gasteiger charge is -2.11. The Morgan fingerprint density at radius 3 is 1.61 bits per heavy atom. The number of aryl methyl sites for hydroxylation is 2. The van der Waals surface area contributed by atoms with Crippen molar-refractivity contribution in [3.63, 3.8) is 0 Å². The molecule has 0 aromatic heterocycles. The predicted molar refractivity (Wildman–Crippen MR) is 142 cm³/mol. The number of hydrogen-bond acceptors (Lipinski definition) is 0. The van der Waals surface area contributed by atoms with Gasteiger partial charge < -0.3 is 0 Å². The Labute approximate surface area is 202 Å². The second kappa shape index (κ2) is 10.9. The van der Waals surface area contributed by atoms with Crippen molar-refractivity contribution < 1.29 is 0 Å². The van der Waals surface area contributed by atoms with Gasteiger partial charge in [0.15, 0.2) is 0 Å². The van der Waals surface area contributed by atoms with Gasteiger partial charge in [0.2, 0.25) is 0 Å². The van der Waals surface area contributed by atoms with E-state index < -0.39 is 0 Å². The van der Waals surface area contributed by atoms with E-state index in [1.54, 1.807) is 0 Å².